The molecule has 0 saturated heterocycles. The minimum absolute atomic E-state index is 0.0800. The van der Waals surface area contributed by atoms with Crippen LogP contribution in [-0.4, -0.2) is 15.2 Å². The lowest BCUT2D eigenvalue weighted by atomic mass is 10.1. The van der Waals surface area contributed by atoms with Gasteiger partial charge in [-0.3, -0.25) is 9.89 Å². The van der Waals surface area contributed by atoms with Crippen LogP contribution in [0.25, 0.3) is 22.0 Å². The Balaban J connectivity index is 2.24. The topological polar surface area (TPSA) is 61.5 Å². The van der Waals surface area contributed by atoms with Gasteiger partial charge >= 0.3 is 0 Å². The molecule has 4 heteroatoms. The van der Waals surface area contributed by atoms with E-state index in [0.29, 0.717) is 0 Å². The van der Waals surface area contributed by atoms with Crippen molar-refractivity contribution in [2.45, 2.75) is 0 Å². The number of hydrogen-bond acceptors (Lipinski definition) is 2. The van der Waals surface area contributed by atoms with Crippen molar-refractivity contribution in [2.24, 2.45) is 0 Å². The normalized spacial score (nSPS) is 10.8. The molecule has 78 valence electrons. The number of nitrogens with zero attached hydrogens (tertiary/aromatic N) is 1. The van der Waals surface area contributed by atoms with Gasteiger partial charge in [0.25, 0.3) is 0 Å². The SMILES string of the molecule is O=c1ccc2cc(-c3cn[nH]c3)ccc2[nH]1. The van der Waals surface area contributed by atoms with Gasteiger partial charge in [0.2, 0.25) is 5.56 Å². The zero-order valence-electron chi connectivity index (χ0n) is 8.40. The van der Waals surface area contributed by atoms with E-state index in [2.05, 4.69) is 15.2 Å². The predicted molar refractivity (Wildman–Crippen MR) is 62.2 cm³/mol. The lowest BCUT2D eigenvalue weighted by molar-refractivity contribution is 1.09. The molecule has 0 unspecified atom stereocenters. The summed E-state index contributed by atoms with van der Waals surface area (Å²) in [7, 11) is 0. The van der Waals surface area contributed by atoms with Crippen LogP contribution < -0.4 is 5.56 Å². The summed E-state index contributed by atoms with van der Waals surface area (Å²) in [5.41, 5.74) is 2.88. The van der Waals surface area contributed by atoms with Crippen LogP contribution in [0.1, 0.15) is 0 Å². The highest BCUT2D eigenvalue weighted by Crippen LogP contribution is 2.21. The van der Waals surface area contributed by atoms with E-state index in [1.807, 2.05) is 30.5 Å². The van der Waals surface area contributed by atoms with Gasteiger partial charge in [-0.15, -0.1) is 0 Å². The molecule has 0 amide bonds. The van der Waals surface area contributed by atoms with Crippen LogP contribution in [0, 0.1) is 0 Å². The molecule has 3 aromatic rings. The lowest BCUT2D eigenvalue weighted by Crippen LogP contribution is -2.01. The Morgan fingerprint density at radius 1 is 1.06 bits per heavy atom. The van der Waals surface area contributed by atoms with Crippen LogP contribution in [0.3, 0.4) is 0 Å². The van der Waals surface area contributed by atoms with Gasteiger partial charge in [0.1, 0.15) is 0 Å². The Kier molecular flexibility index (Phi) is 1.86. The first-order chi connectivity index (χ1) is 7.83. The van der Waals surface area contributed by atoms with E-state index in [1.54, 1.807) is 6.20 Å². The summed E-state index contributed by atoms with van der Waals surface area (Å²) in [5, 5.41) is 7.70. The van der Waals surface area contributed by atoms with E-state index < -0.39 is 0 Å². The molecular weight excluding hydrogens is 202 g/mol. The average Bonchev–Trinajstić information content (AvgIpc) is 2.82. The van der Waals surface area contributed by atoms with Crippen molar-refractivity contribution < 1.29 is 0 Å². The first-order valence-electron chi connectivity index (χ1n) is 4.95. The van der Waals surface area contributed by atoms with Crippen LogP contribution in [-0.2, 0) is 0 Å². The molecule has 2 aromatic heterocycles. The van der Waals surface area contributed by atoms with Crippen molar-refractivity contribution in [3.8, 4) is 11.1 Å². The highest BCUT2D eigenvalue weighted by molar-refractivity contribution is 5.83. The number of benzene rings is 1. The minimum Gasteiger partial charge on any atom is -0.322 e. The van der Waals surface area contributed by atoms with Crippen LogP contribution in [0.5, 0.6) is 0 Å². The minimum atomic E-state index is -0.0800. The summed E-state index contributed by atoms with van der Waals surface area (Å²) < 4.78 is 0. The number of aromatic nitrogens is 3. The number of H-pyrrole nitrogens is 2. The highest BCUT2D eigenvalue weighted by atomic mass is 16.1. The van der Waals surface area contributed by atoms with Gasteiger partial charge in [0.05, 0.1) is 6.20 Å². The molecule has 0 bridgehead atoms. The zero-order chi connectivity index (χ0) is 11.0. The van der Waals surface area contributed by atoms with E-state index >= 15 is 0 Å². The van der Waals surface area contributed by atoms with Crippen molar-refractivity contribution in [3.05, 3.63) is 53.1 Å². The molecule has 0 atom stereocenters. The van der Waals surface area contributed by atoms with E-state index in [-0.39, 0.29) is 5.56 Å². The number of aromatic amines is 2. The number of pyridine rings is 1. The molecule has 0 aliphatic rings. The van der Waals surface area contributed by atoms with E-state index in [0.717, 1.165) is 22.0 Å². The summed E-state index contributed by atoms with van der Waals surface area (Å²) in [6, 6.07) is 9.23. The molecule has 0 radical (unpaired) electrons. The van der Waals surface area contributed by atoms with Gasteiger partial charge in [-0.05, 0) is 29.1 Å². The summed E-state index contributed by atoms with van der Waals surface area (Å²) in [6.07, 6.45) is 3.61. The molecule has 0 saturated carbocycles. The summed E-state index contributed by atoms with van der Waals surface area (Å²) in [6.45, 7) is 0. The van der Waals surface area contributed by atoms with Gasteiger partial charge in [0.15, 0.2) is 0 Å². The summed E-state index contributed by atoms with van der Waals surface area (Å²) in [4.78, 5) is 13.9. The van der Waals surface area contributed by atoms with Gasteiger partial charge in [-0.25, -0.2) is 0 Å². The van der Waals surface area contributed by atoms with Crippen LogP contribution >= 0.6 is 0 Å². The van der Waals surface area contributed by atoms with Gasteiger partial charge in [-0.1, -0.05) is 6.07 Å². The van der Waals surface area contributed by atoms with Crippen molar-refractivity contribution in [3.63, 3.8) is 0 Å². The van der Waals surface area contributed by atoms with Crippen molar-refractivity contribution in [1.29, 1.82) is 0 Å². The predicted octanol–water partition coefficient (Wildman–Crippen LogP) is 1.92. The second-order valence-electron chi connectivity index (χ2n) is 3.61. The number of nitrogens with one attached hydrogen (secondary N) is 2. The van der Waals surface area contributed by atoms with Crippen LogP contribution in [0.2, 0.25) is 0 Å². The lowest BCUT2D eigenvalue weighted by Gasteiger charge is -2.00. The summed E-state index contributed by atoms with van der Waals surface area (Å²) >= 11 is 0. The zero-order valence-corrected chi connectivity index (χ0v) is 8.40. The van der Waals surface area contributed by atoms with Crippen molar-refractivity contribution in [2.75, 3.05) is 0 Å². The smallest absolute Gasteiger partial charge is 0.248 e. The van der Waals surface area contributed by atoms with Gasteiger partial charge in [0, 0.05) is 23.3 Å². The molecule has 0 aliphatic carbocycles. The fourth-order valence-corrected chi connectivity index (χ4v) is 1.74. The second kappa shape index (κ2) is 3.34. The fraction of sp³-hybridized carbons (Fsp3) is 0. The third-order valence-electron chi connectivity index (χ3n) is 2.56. The number of rotatable bonds is 1. The third kappa shape index (κ3) is 1.40. The molecule has 2 heterocycles. The Morgan fingerprint density at radius 2 is 2.00 bits per heavy atom. The first-order valence-corrected chi connectivity index (χ1v) is 4.95. The van der Waals surface area contributed by atoms with E-state index in [1.165, 1.54) is 6.07 Å². The number of fused-ring (bicyclic) bond motifs is 1. The Hall–Kier alpha value is -2.36. The van der Waals surface area contributed by atoms with Gasteiger partial charge < -0.3 is 4.98 Å². The number of hydrogen-bond donors (Lipinski definition) is 2. The van der Waals surface area contributed by atoms with Crippen molar-refractivity contribution in [1.82, 2.24) is 15.2 Å². The average molecular weight is 211 g/mol. The van der Waals surface area contributed by atoms with E-state index in [9.17, 15) is 4.79 Å². The highest BCUT2D eigenvalue weighted by Gasteiger charge is 2.00. The Morgan fingerprint density at radius 3 is 2.81 bits per heavy atom. The quantitative estimate of drug-likeness (QED) is 0.646. The maximum atomic E-state index is 11.1. The molecule has 2 N–H and O–H groups in total. The van der Waals surface area contributed by atoms with Crippen LogP contribution in [0.4, 0.5) is 0 Å². The Bertz CT molecular complexity index is 683. The maximum Gasteiger partial charge on any atom is 0.248 e. The molecule has 0 aliphatic heterocycles. The molecule has 4 nitrogen and oxygen atoms in total. The van der Waals surface area contributed by atoms with Crippen LogP contribution in [0.15, 0.2) is 47.5 Å². The van der Waals surface area contributed by atoms with E-state index in [4.69, 9.17) is 0 Å². The second-order valence-corrected chi connectivity index (χ2v) is 3.61. The fourth-order valence-electron chi connectivity index (χ4n) is 1.74. The first kappa shape index (κ1) is 8.91. The Labute approximate surface area is 90.9 Å². The third-order valence-corrected chi connectivity index (χ3v) is 2.56. The molecule has 0 fully saturated rings. The van der Waals surface area contributed by atoms with Gasteiger partial charge in [-0.2, -0.15) is 5.10 Å². The monoisotopic (exact) mass is 211 g/mol. The molecule has 3 rings (SSSR count). The standard InChI is InChI=1S/C12H9N3O/c16-12-4-2-9-5-8(1-3-11(9)15-12)10-6-13-14-7-10/h1-7H,(H,13,14)(H,15,16). The molecular formula is C12H9N3O. The summed E-state index contributed by atoms with van der Waals surface area (Å²) in [5.74, 6) is 0. The molecule has 16 heavy (non-hydrogen) atoms. The van der Waals surface area contributed by atoms with Crippen molar-refractivity contribution >= 4 is 10.9 Å². The molecule has 0 spiro atoms. The molecule has 1 aromatic carbocycles. The largest absolute Gasteiger partial charge is 0.322 e. The maximum absolute atomic E-state index is 11.1.